The van der Waals surface area contributed by atoms with Gasteiger partial charge in [0.1, 0.15) is 0 Å². The van der Waals surface area contributed by atoms with Crippen molar-refractivity contribution in [3.05, 3.63) is 42.5 Å². The van der Waals surface area contributed by atoms with Gasteiger partial charge in [-0.1, -0.05) is 18.2 Å². The van der Waals surface area contributed by atoms with E-state index in [1.165, 1.54) is 0 Å². The first-order valence-electron chi connectivity index (χ1n) is 6.46. The van der Waals surface area contributed by atoms with Crippen LogP contribution >= 0.6 is 0 Å². The van der Waals surface area contributed by atoms with Crippen LogP contribution in [-0.4, -0.2) is 17.1 Å². The molecule has 0 bridgehead atoms. The number of carbonyl (C=O) groups excluding carboxylic acids is 1. The minimum atomic E-state index is -0.505. The third-order valence-electron chi connectivity index (χ3n) is 3.43. The van der Waals surface area contributed by atoms with Crippen molar-refractivity contribution >= 4 is 33.5 Å². The van der Waals surface area contributed by atoms with Crippen LogP contribution in [-0.2, 0) is 6.54 Å². The van der Waals surface area contributed by atoms with Crippen molar-refractivity contribution < 1.29 is 4.79 Å². The number of carbonyl (C=O) groups is 1. The number of rotatable bonds is 3. The molecule has 2 amide bonds. The molecule has 2 aromatic carbocycles. The van der Waals surface area contributed by atoms with E-state index in [-0.39, 0.29) is 0 Å². The molecule has 3 aromatic rings. The Morgan fingerprint density at radius 2 is 1.85 bits per heavy atom. The molecule has 1 aromatic heterocycles. The van der Waals surface area contributed by atoms with Crippen LogP contribution in [0.1, 0.15) is 0 Å². The number of amides is 2. The Balaban J connectivity index is 2.14. The van der Waals surface area contributed by atoms with E-state index in [0.717, 1.165) is 27.5 Å². The Labute approximate surface area is 116 Å². The number of benzene rings is 2. The van der Waals surface area contributed by atoms with E-state index in [0.29, 0.717) is 13.1 Å². The molecule has 0 unspecified atom stereocenters. The van der Waals surface area contributed by atoms with Crippen molar-refractivity contribution in [2.24, 2.45) is 5.73 Å². The molecular formula is C15H16N4O. The average molecular weight is 268 g/mol. The molecule has 0 fully saturated rings. The van der Waals surface area contributed by atoms with Crippen LogP contribution in [0.5, 0.6) is 0 Å². The normalized spacial score (nSPS) is 11.0. The summed E-state index contributed by atoms with van der Waals surface area (Å²) >= 11 is 0. The number of anilines is 1. The number of nitrogens with one attached hydrogen (secondary N) is 1. The van der Waals surface area contributed by atoms with Gasteiger partial charge in [0.15, 0.2) is 0 Å². The third-order valence-corrected chi connectivity index (χ3v) is 3.43. The van der Waals surface area contributed by atoms with Gasteiger partial charge in [0.25, 0.3) is 0 Å². The largest absolute Gasteiger partial charge is 0.399 e. The number of nitrogens with zero attached hydrogens (tertiary/aromatic N) is 1. The van der Waals surface area contributed by atoms with Crippen LogP contribution in [0.2, 0.25) is 0 Å². The molecule has 5 heteroatoms. The van der Waals surface area contributed by atoms with E-state index >= 15 is 0 Å². The Morgan fingerprint density at radius 3 is 2.65 bits per heavy atom. The van der Waals surface area contributed by atoms with Crippen molar-refractivity contribution in [1.82, 2.24) is 9.88 Å². The standard InChI is InChI=1S/C15H16N4O/c16-10-5-6-14-12(9-10)11-3-1-2-4-13(11)19(14)8-7-18-15(17)20/h1-6,9H,7-8,16H2,(H3,17,18,20). The summed E-state index contributed by atoms with van der Waals surface area (Å²) in [6.45, 7) is 1.16. The fraction of sp³-hybridized carbons (Fsp3) is 0.133. The zero-order chi connectivity index (χ0) is 14.1. The maximum atomic E-state index is 10.8. The Hall–Kier alpha value is -2.69. The topological polar surface area (TPSA) is 86.1 Å². The van der Waals surface area contributed by atoms with E-state index in [1.807, 2.05) is 30.3 Å². The third kappa shape index (κ3) is 2.03. The summed E-state index contributed by atoms with van der Waals surface area (Å²) in [6, 6.07) is 13.5. The summed E-state index contributed by atoms with van der Waals surface area (Å²) in [5.74, 6) is 0. The molecule has 0 aliphatic carbocycles. The van der Waals surface area contributed by atoms with Gasteiger partial charge in [0, 0.05) is 40.6 Å². The lowest BCUT2D eigenvalue weighted by Gasteiger charge is -2.07. The number of urea groups is 1. The Bertz CT molecular complexity index is 791. The fourth-order valence-corrected chi connectivity index (χ4v) is 2.60. The van der Waals surface area contributed by atoms with Crippen LogP contribution in [0.15, 0.2) is 42.5 Å². The van der Waals surface area contributed by atoms with Crippen LogP contribution in [0.3, 0.4) is 0 Å². The van der Waals surface area contributed by atoms with Crippen molar-refractivity contribution in [1.29, 1.82) is 0 Å². The van der Waals surface area contributed by atoms with Crippen molar-refractivity contribution in [3.8, 4) is 0 Å². The SMILES string of the molecule is NC(=O)NCCn1c2ccccc2c2cc(N)ccc21. The summed E-state index contributed by atoms with van der Waals surface area (Å²) in [6.07, 6.45) is 0. The second-order valence-electron chi connectivity index (χ2n) is 4.74. The highest BCUT2D eigenvalue weighted by molar-refractivity contribution is 6.08. The van der Waals surface area contributed by atoms with E-state index < -0.39 is 6.03 Å². The molecule has 0 saturated carbocycles. The minimum Gasteiger partial charge on any atom is -0.399 e. The highest BCUT2D eigenvalue weighted by Crippen LogP contribution is 2.30. The van der Waals surface area contributed by atoms with Gasteiger partial charge in [0.05, 0.1) is 0 Å². The van der Waals surface area contributed by atoms with Crippen molar-refractivity contribution in [3.63, 3.8) is 0 Å². The molecule has 0 atom stereocenters. The zero-order valence-electron chi connectivity index (χ0n) is 11.0. The summed E-state index contributed by atoms with van der Waals surface area (Å²) in [7, 11) is 0. The van der Waals surface area contributed by atoms with Gasteiger partial charge in [-0.25, -0.2) is 4.79 Å². The molecule has 0 aliphatic heterocycles. The molecule has 20 heavy (non-hydrogen) atoms. The van der Waals surface area contributed by atoms with Gasteiger partial charge >= 0.3 is 6.03 Å². The molecule has 5 nitrogen and oxygen atoms in total. The van der Waals surface area contributed by atoms with E-state index in [9.17, 15) is 4.79 Å². The lowest BCUT2D eigenvalue weighted by molar-refractivity contribution is 0.248. The molecule has 0 saturated heterocycles. The molecule has 0 radical (unpaired) electrons. The lowest BCUT2D eigenvalue weighted by atomic mass is 10.1. The van der Waals surface area contributed by atoms with E-state index in [2.05, 4.69) is 22.0 Å². The predicted molar refractivity (Wildman–Crippen MR) is 81.4 cm³/mol. The molecule has 1 heterocycles. The fourth-order valence-electron chi connectivity index (χ4n) is 2.60. The van der Waals surface area contributed by atoms with Crippen LogP contribution < -0.4 is 16.8 Å². The summed E-state index contributed by atoms with van der Waals surface area (Å²) in [5, 5.41) is 4.90. The second-order valence-corrected chi connectivity index (χ2v) is 4.74. The maximum absolute atomic E-state index is 10.8. The number of primary amides is 1. The van der Waals surface area contributed by atoms with Gasteiger partial charge in [-0.05, 0) is 24.3 Å². The van der Waals surface area contributed by atoms with Gasteiger partial charge in [0.2, 0.25) is 0 Å². The van der Waals surface area contributed by atoms with Gasteiger partial charge in [-0.15, -0.1) is 0 Å². The summed E-state index contributed by atoms with van der Waals surface area (Å²) in [4.78, 5) is 10.8. The van der Waals surface area contributed by atoms with Gasteiger partial charge in [-0.3, -0.25) is 0 Å². The number of nitrogen functional groups attached to an aromatic ring is 1. The quantitative estimate of drug-likeness (QED) is 0.635. The van der Waals surface area contributed by atoms with Gasteiger partial charge < -0.3 is 21.4 Å². The molecule has 0 aliphatic rings. The van der Waals surface area contributed by atoms with Crippen LogP contribution in [0, 0.1) is 0 Å². The van der Waals surface area contributed by atoms with Gasteiger partial charge in [-0.2, -0.15) is 0 Å². The smallest absolute Gasteiger partial charge is 0.312 e. The first-order chi connectivity index (χ1) is 9.66. The average Bonchev–Trinajstić information content (AvgIpc) is 2.73. The molecule has 102 valence electrons. The molecule has 5 N–H and O–H groups in total. The predicted octanol–water partition coefficient (Wildman–Crippen LogP) is 2.04. The monoisotopic (exact) mass is 268 g/mol. The number of nitrogens with two attached hydrogens (primary N) is 2. The highest BCUT2D eigenvalue weighted by atomic mass is 16.2. The van der Waals surface area contributed by atoms with E-state index in [4.69, 9.17) is 11.5 Å². The lowest BCUT2D eigenvalue weighted by Crippen LogP contribution is -2.31. The first kappa shape index (κ1) is 12.3. The molecule has 0 spiro atoms. The highest BCUT2D eigenvalue weighted by Gasteiger charge is 2.10. The Morgan fingerprint density at radius 1 is 1.10 bits per heavy atom. The zero-order valence-corrected chi connectivity index (χ0v) is 11.0. The number of hydrogen-bond donors (Lipinski definition) is 3. The number of aromatic nitrogens is 1. The Kier molecular flexibility index (Phi) is 2.95. The minimum absolute atomic E-state index is 0.494. The molecule has 3 rings (SSSR count). The van der Waals surface area contributed by atoms with Crippen LogP contribution in [0.4, 0.5) is 10.5 Å². The van der Waals surface area contributed by atoms with E-state index in [1.54, 1.807) is 0 Å². The van der Waals surface area contributed by atoms with Crippen LogP contribution in [0.25, 0.3) is 21.8 Å². The summed E-state index contributed by atoms with van der Waals surface area (Å²) < 4.78 is 2.17. The first-order valence-corrected chi connectivity index (χ1v) is 6.46. The second kappa shape index (κ2) is 4.77. The summed E-state index contributed by atoms with van der Waals surface area (Å²) in [5.41, 5.74) is 14.0. The van der Waals surface area contributed by atoms with Crippen molar-refractivity contribution in [2.75, 3.05) is 12.3 Å². The number of fused-ring (bicyclic) bond motifs is 3. The number of para-hydroxylation sites is 1. The number of hydrogen-bond acceptors (Lipinski definition) is 2. The molecular weight excluding hydrogens is 252 g/mol. The maximum Gasteiger partial charge on any atom is 0.312 e. The van der Waals surface area contributed by atoms with Crippen molar-refractivity contribution in [2.45, 2.75) is 6.54 Å².